The Morgan fingerprint density at radius 3 is 2.68 bits per heavy atom. The maximum absolute atomic E-state index is 12.3. The van der Waals surface area contributed by atoms with Crippen molar-refractivity contribution in [1.29, 1.82) is 0 Å². The Hall–Kier alpha value is -2.93. The molecule has 146 valence electrons. The van der Waals surface area contributed by atoms with Gasteiger partial charge in [0, 0.05) is 23.0 Å². The third-order valence-electron chi connectivity index (χ3n) is 4.27. The second-order valence-electron chi connectivity index (χ2n) is 7.63. The Balaban J connectivity index is 1.55. The quantitative estimate of drug-likeness (QED) is 0.576. The molecule has 3 rings (SSSR count). The van der Waals surface area contributed by atoms with Crippen LogP contribution in [0.2, 0.25) is 0 Å². The van der Waals surface area contributed by atoms with E-state index in [2.05, 4.69) is 47.4 Å². The maximum Gasteiger partial charge on any atom is 0.325 e. The molecule has 0 spiro atoms. The van der Waals surface area contributed by atoms with Crippen LogP contribution in [0, 0.1) is 0 Å². The molecule has 0 unspecified atom stereocenters. The molecule has 7 heteroatoms. The summed E-state index contributed by atoms with van der Waals surface area (Å²) < 4.78 is 0. The number of nitrogens with two attached hydrogens (primary N) is 1. The molecular formula is C21H25N5OS. The van der Waals surface area contributed by atoms with Crippen LogP contribution >= 0.6 is 11.3 Å². The molecular weight excluding hydrogens is 370 g/mol. The van der Waals surface area contributed by atoms with Crippen LogP contribution in [0.3, 0.4) is 0 Å². The minimum atomic E-state index is -0.297. The molecule has 3 aromatic rings. The number of pyridine rings is 1. The lowest BCUT2D eigenvalue weighted by molar-refractivity contribution is 0.262. The Kier molecular flexibility index (Phi) is 5.94. The molecule has 0 aliphatic carbocycles. The number of benzene rings is 1. The fraction of sp³-hybridized carbons (Fsp3) is 0.286. The first-order valence-corrected chi connectivity index (χ1v) is 9.95. The number of anilines is 3. The summed E-state index contributed by atoms with van der Waals surface area (Å²) in [6, 6.07) is 11.4. The summed E-state index contributed by atoms with van der Waals surface area (Å²) in [7, 11) is 0. The van der Waals surface area contributed by atoms with Gasteiger partial charge in [0.1, 0.15) is 5.82 Å². The number of nitrogen functional groups attached to an aromatic ring is 1. The molecule has 2 aromatic heterocycles. The van der Waals surface area contributed by atoms with E-state index < -0.39 is 0 Å². The third-order valence-corrected chi connectivity index (χ3v) is 5.24. The van der Waals surface area contributed by atoms with Crippen LogP contribution in [0.4, 0.5) is 21.4 Å². The Morgan fingerprint density at radius 1 is 1.11 bits per heavy atom. The number of carbonyl (C=O) groups is 1. The van der Waals surface area contributed by atoms with Crippen molar-refractivity contribution in [3.8, 4) is 0 Å². The van der Waals surface area contributed by atoms with Crippen LogP contribution in [0.1, 0.15) is 36.8 Å². The van der Waals surface area contributed by atoms with Gasteiger partial charge in [-0.15, -0.1) is 11.3 Å². The number of carbonyl (C=O) groups excluding carboxylic acids is 1. The Labute approximate surface area is 169 Å². The highest BCUT2D eigenvalue weighted by atomic mass is 32.1. The summed E-state index contributed by atoms with van der Waals surface area (Å²) in [5, 5.41) is 6.25. The summed E-state index contributed by atoms with van der Waals surface area (Å²) in [5.41, 5.74) is 8.79. The summed E-state index contributed by atoms with van der Waals surface area (Å²) in [4.78, 5) is 21.7. The number of hydrogen-bond donors (Lipinski definition) is 3. The lowest BCUT2D eigenvalue weighted by atomic mass is 9.87. The molecule has 0 saturated carbocycles. The van der Waals surface area contributed by atoms with Crippen LogP contribution in [-0.4, -0.2) is 16.0 Å². The van der Waals surface area contributed by atoms with Crippen molar-refractivity contribution >= 4 is 34.0 Å². The number of nitrogens with one attached hydrogen (secondary N) is 2. The van der Waals surface area contributed by atoms with Crippen LogP contribution in [0.25, 0.3) is 0 Å². The molecule has 28 heavy (non-hydrogen) atoms. The van der Waals surface area contributed by atoms with Crippen LogP contribution in [0.5, 0.6) is 0 Å². The van der Waals surface area contributed by atoms with Crippen LogP contribution < -0.4 is 16.4 Å². The minimum Gasteiger partial charge on any atom is -0.384 e. The van der Waals surface area contributed by atoms with Gasteiger partial charge in [0.05, 0.1) is 0 Å². The molecule has 4 N–H and O–H groups in total. The van der Waals surface area contributed by atoms with Gasteiger partial charge >= 0.3 is 6.03 Å². The predicted octanol–water partition coefficient (Wildman–Crippen LogP) is 4.85. The molecule has 0 aliphatic heterocycles. The van der Waals surface area contributed by atoms with E-state index in [1.165, 1.54) is 16.9 Å². The normalized spacial score (nSPS) is 11.2. The van der Waals surface area contributed by atoms with Gasteiger partial charge in [-0.05, 0) is 53.6 Å². The van der Waals surface area contributed by atoms with E-state index in [4.69, 9.17) is 5.73 Å². The van der Waals surface area contributed by atoms with Crippen molar-refractivity contribution in [3.05, 3.63) is 64.8 Å². The zero-order chi connectivity index (χ0) is 20.1. The highest BCUT2D eigenvalue weighted by Gasteiger charge is 2.14. The molecule has 2 heterocycles. The summed E-state index contributed by atoms with van der Waals surface area (Å²) >= 11 is 1.47. The molecule has 1 aromatic carbocycles. The van der Waals surface area contributed by atoms with E-state index in [-0.39, 0.29) is 11.4 Å². The fourth-order valence-corrected chi connectivity index (χ4v) is 3.53. The first-order chi connectivity index (χ1) is 13.3. The lowest BCUT2D eigenvalue weighted by Crippen LogP contribution is -2.20. The zero-order valence-electron chi connectivity index (χ0n) is 16.3. The number of aryl methyl sites for hydroxylation is 2. The zero-order valence-corrected chi connectivity index (χ0v) is 17.1. The average molecular weight is 396 g/mol. The Morgan fingerprint density at radius 2 is 1.93 bits per heavy atom. The van der Waals surface area contributed by atoms with Crippen molar-refractivity contribution in [3.63, 3.8) is 0 Å². The highest BCUT2D eigenvalue weighted by Crippen LogP contribution is 2.25. The highest BCUT2D eigenvalue weighted by molar-refractivity contribution is 7.15. The van der Waals surface area contributed by atoms with E-state index in [1.54, 1.807) is 12.4 Å². The third kappa shape index (κ3) is 5.53. The first-order valence-electron chi connectivity index (χ1n) is 9.13. The lowest BCUT2D eigenvalue weighted by Gasteiger charge is -2.19. The SMILES string of the molecule is CC(C)(C)c1cccc(NC(=O)Nc2ncc(CCc3ccnc(N)c3)s2)c1. The second kappa shape index (κ2) is 8.39. The first kappa shape index (κ1) is 19.8. The van der Waals surface area contributed by atoms with E-state index in [0.717, 1.165) is 29.0 Å². The van der Waals surface area contributed by atoms with E-state index in [9.17, 15) is 4.79 Å². The van der Waals surface area contributed by atoms with Crippen molar-refractivity contribution < 1.29 is 4.79 Å². The van der Waals surface area contributed by atoms with Gasteiger partial charge in [-0.2, -0.15) is 0 Å². The van der Waals surface area contributed by atoms with Gasteiger partial charge < -0.3 is 11.1 Å². The van der Waals surface area contributed by atoms with Gasteiger partial charge in [0.25, 0.3) is 0 Å². The van der Waals surface area contributed by atoms with E-state index >= 15 is 0 Å². The molecule has 0 atom stereocenters. The number of nitrogens with zero attached hydrogens (tertiary/aromatic N) is 2. The number of urea groups is 1. The number of thiazole rings is 1. The standard InChI is InChI=1S/C21H25N5OS/c1-21(2,3)15-5-4-6-16(12-15)25-19(27)26-20-24-13-17(28-20)8-7-14-9-10-23-18(22)11-14/h4-6,9-13H,7-8H2,1-3H3,(H2,22,23)(H2,24,25,26,27). The van der Waals surface area contributed by atoms with E-state index in [0.29, 0.717) is 10.9 Å². The van der Waals surface area contributed by atoms with Crippen molar-refractivity contribution in [2.45, 2.75) is 39.0 Å². The minimum absolute atomic E-state index is 0.0257. The monoisotopic (exact) mass is 395 g/mol. The van der Waals surface area contributed by atoms with E-state index in [1.807, 2.05) is 30.3 Å². The number of rotatable bonds is 5. The number of aromatic nitrogens is 2. The summed E-state index contributed by atoms with van der Waals surface area (Å²) in [6.45, 7) is 6.43. The molecule has 0 saturated heterocycles. The molecule has 0 bridgehead atoms. The smallest absolute Gasteiger partial charge is 0.325 e. The summed E-state index contributed by atoms with van der Waals surface area (Å²) in [6.07, 6.45) is 5.19. The van der Waals surface area contributed by atoms with Gasteiger partial charge in [-0.3, -0.25) is 5.32 Å². The van der Waals surface area contributed by atoms with Crippen molar-refractivity contribution in [2.75, 3.05) is 16.4 Å². The average Bonchev–Trinajstić information content (AvgIpc) is 3.07. The molecule has 0 aliphatic rings. The van der Waals surface area contributed by atoms with Gasteiger partial charge in [-0.25, -0.2) is 14.8 Å². The molecule has 0 radical (unpaired) electrons. The van der Waals surface area contributed by atoms with Gasteiger partial charge in [0.15, 0.2) is 5.13 Å². The van der Waals surface area contributed by atoms with Crippen molar-refractivity contribution in [2.24, 2.45) is 0 Å². The van der Waals surface area contributed by atoms with Crippen molar-refractivity contribution in [1.82, 2.24) is 9.97 Å². The van der Waals surface area contributed by atoms with Crippen LogP contribution in [-0.2, 0) is 18.3 Å². The topological polar surface area (TPSA) is 92.9 Å². The maximum atomic E-state index is 12.3. The Bertz CT molecular complexity index is 961. The molecule has 0 fully saturated rings. The van der Waals surface area contributed by atoms with Gasteiger partial charge in [-0.1, -0.05) is 32.9 Å². The second-order valence-corrected chi connectivity index (χ2v) is 8.75. The summed E-state index contributed by atoms with van der Waals surface area (Å²) in [5.74, 6) is 0.524. The van der Waals surface area contributed by atoms with Crippen LogP contribution in [0.15, 0.2) is 48.8 Å². The predicted molar refractivity (Wildman–Crippen MR) is 116 cm³/mol. The van der Waals surface area contributed by atoms with Gasteiger partial charge in [0.2, 0.25) is 0 Å². The largest absolute Gasteiger partial charge is 0.384 e. The number of amides is 2. The number of hydrogen-bond acceptors (Lipinski definition) is 5. The molecule has 2 amide bonds. The fourth-order valence-electron chi connectivity index (χ4n) is 2.72. The molecule has 6 nitrogen and oxygen atoms in total.